The average Bonchev–Trinajstić information content (AvgIpc) is 3.16. The zero-order valence-electron chi connectivity index (χ0n) is 16.3. The van der Waals surface area contributed by atoms with Gasteiger partial charge in [0.1, 0.15) is 0 Å². The Morgan fingerprint density at radius 2 is 1.93 bits per heavy atom. The first-order valence-electron chi connectivity index (χ1n) is 9.62. The number of hydrogen-bond donors (Lipinski definition) is 1. The Kier molecular flexibility index (Phi) is 6.85. The van der Waals surface area contributed by atoms with Crippen LogP contribution in [0.3, 0.4) is 0 Å². The Morgan fingerprint density at radius 3 is 2.54 bits per heavy atom. The van der Waals surface area contributed by atoms with Gasteiger partial charge in [-0.25, -0.2) is 13.4 Å². The monoisotopic (exact) mass is 421 g/mol. The molecule has 0 unspecified atom stereocenters. The highest BCUT2D eigenvalue weighted by molar-refractivity contribution is 7.89. The maximum absolute atomic E-state index is 12.7. The van der Waals surface area contributed by atoms with Gasteiger partial charge in [0.25, 0.3) is 0 Å². The van der Waals surface area contributed by atoms with E-state index in [2.05, 4.69) is 24.1 Å². The molecule has 1 aliphatic rings. The van der Waals surface area contributed by atoms with Crippen LogP contribution in [-0.4, -0.2) is 43.2 Å². The van der Waals surface area contributed by atoms with Crippen molar-refractivity contribution in [1.82, 2.24) is 14.6 Å². The van der Waals surface area contributed by atoms with Crippen LogP contribution in [0.25, 0.3) is 0 Å². The molecule has 0 spiro atoms. The van der Waals surface area contributed by atoms with Crippen LogP contribution in [0, 0.1) is 5.92 Å². The highest BCUT2D eigenvalue weighted by atomic mass is 32.2. The summed E-state index contributed by atoms with van der Waals surface area (Å²) < 4.78 is 26.9. The number of sulfonamides is 1. The van der Waals surface area contributed by atoms with E-state index in [4.69, 9.17) is 0 Å². The fraction of sp³-hybridized carbons (Fsp3) is 0.500. The number of carbonyl (C=O) groups is 1. The van der Waals surface area contributed by atoms with E-state index in [9.17, 15) is 13.2 Å². The summed E-state index contributed by atoms with van der Waals surface area (Å²) in [5.41, 5.74) is 0.815. The van der Waals surface area contributed by atoms with Gasteiger partial charge in [0.05, 0.1) is 22.0 Å². The van der Waals surface area contributed by atoms with Crippen molar-refractivity contribution in [2.45, 2.75) is 43.9 Å². The minimum Gasteiger partial charge on any atom is -0.355 e. The summed E-state index contributed by atoms with van der Waals surface area (Å²) in [6.07, 6.45) is 1.80. The predicted octanol–water partition coefficient (Wildman–Crippen LogP) is 3.03. The molecule has 2 aromatic rings. The standard InChI is InChI=1S/C20H27N3O3S2/c1-15(2)20-22-17(14-27-20)12-19(24)21-13-16-8-10-23(11-9-16)28(25,26)18-6-4-3-5-7-18/h3-7,14-16H,8-13H2,1-2H3,(H,21,24). The number of benzene rings is 1. The first kappa shape index (κ1) is 21.0. The van der Waals surface area contributed by atoms with E-state index < -0.39 is 10.0 Å². The van der Waals surface area contributed by atoms with Crippen LogP contribution in [0.4, 0.5) is 0 Å². The van der Waals surface area contributed by atoms with Gasteiger partial charge in [0.2, 0.25) is 15.9 Å². The van der Waals surface area contributed by atoms with Crippen molar-refractivity contribution in [3.05, 3.63) is 46.4 Å². The number of carbonyl (C=O) groups excluding carboxylic acids is 1. The number of hydrogen-bond acceptors (Lipinski definition) is 5. The van der Waals surface area contributed by atoms with Gasteiger partial charge >= 0.3 is 0 Å². The van der Waals surface area contributed by atoms with Crippen LogP contribution in [0.15, 0.2) is 40.6 Å². The molecular weight excluding hydrogens is 394 g/mol. The van der Waals surface area contributed by atoms with Gasteiger partial charge in [0.15, 0.2) is 0 Å². The van der Waals surface area contributed by atoms with Crippen LogP contribution < -0.4 is 5.32 Å². The molecule has 8 heteroatoms. The molecule has 1 amide bonds. The zero-order chi connectivity index (χ0) is 20.1. The normalized spacial score (nSPS) is 16.4. The Hall–Kier alpha value is -1.77. The van der Waals surface area contributed by atoms with Crippen molar-refractivity contribution < 1.29 is 13.2 Å². The van der Waals surface area contributed by atoms with Gasteiger partial charge < -0.3 is 5.32 Å². The van der Waals surface area contributed by atoms with Gasteiger partial charge in [-0.2, -0.15) is 4.31 Å². The van der Waals surface area contributed by atoms with E-state index in [0.29, 0.717) is 42.8 Å². The average molecular weight is 422 g/mol. The van der Waals surface area contributed by atoms with Crippen LogP contribution in [0.1, 0.15) is 43.3 Å². The maximum atomic E-state index is 12.7. The molecule has 0 saturated carbocycles. The first-order chi connectivity index (χ1) is 13.4. The molecule has 0 bridgehead atoms. The van der Waals surface area contributed by atoms with E-state index >= 15 is 0 Å². The second-order valence-electron chi connectivity index (χ2n) is 7.47. The summed E-state index contributed by atoms with van der Waals surface area (Å²) in [7, 11) is -3.42. The SMILES string of the molecule is CC(C)c1nc(CC(=O)NCC2CCN(S(=O)(=O)c3ccccc3)CC2)cs1. The van der Waals surface area contributed by atoms with Crippen LogP contribution in [0.5, 0.6) is 0 Å². The third-order valence-corrected chi connectivity index (χ3v) is 8.05. The smallest absolute Gasteiger partial charge is 0.243 e. The van der Waals surface area contributed by atoms with Crippen molar-refractivity contribution in [2.24, 2.45) is 5.92 Å². The Bertz CT molecular complexity index is 886. The van der Waals surface area contributed by atoms with Gasteiger partial charge in [0, 0.05) is 30.9 Å². The molecular formula is C20H27N3O3S2. The second kappa shape index (κ2) is 9.15. The lowest BCUT2D eigenvalue weighted by Crippen LogP contribution is -2.41. The molecule has 0 atom stereocenters. The van der Waals surface area contributed by atoms with E-state index in [1.54, 1.807) is 39.9 Å². The molecule has 1 fully saturated rings. The molecule has 6 nitrogen and oxygen atoms in total. The largest absolute Gasteiger partial charge is 0.355 e. The summed E-state index contributed by atoms with van der Waals surface area (Å²) in [5.74, 6) is 0.645. The van der Waals surface area contributed by atoms with E-state index in [-0.39, 0.29) is 5.91 Å². The minimum atomic E-state index is -3.42. The molecule has 152 valence electrons. The molecule has 1 aromatic heterocycles. The van der Waals surface area contributed by atoms with Crippen molar-refractivity contribution in [1.29, 1.82) is 0 Å². The molecule has 1 aromatic carbocycles. The highest BCUT2D eigenvalue weighted by Gasteiger charge is 2.29. The molecule has 1 saturated heterocycles. The van der Waals surface area contributed by atoms with E-state index in [1.165, 1.54) is 0 Å². The van der Waals surface area contributed by atoms with Crippen LogP contribution >= 0.6 is 11.3 Å². The molecule has 1 N–H and O–H groups in total. The second-order valence-corrected chi connectivity index (χ2v) is 10.3. The fourth-order valence-corrected chi connectivity index (χ4v) is 5.58. The lowest BCUT2D eigenvalue weighted by Gasteiger charge is -2.31. The molecule has 2 heterocycles. The minimum absolute atomic E-state index is 0.0278. The summed E-state index contributed by atoms with van der Waals surface area (Å²) in [5, 5.41) is 5.98. The summed E-state index contributed by atoms with van der Waals surface area (Å²) in [6, 6.07) is 8.54. The fourth-order valence-electron chi connectivity index (χ4n) is 3.25. The predicted molar refractivity (Wildman–Crippen MR) is 111 cm³/mol. The summed E-state index contributed by atoms with van der Waals surface area (Å²) in [4.78, 5) is 17.0. The van der Waals surface area contributed by atoms with Gasteiger partial charge in [-0.1, -0.05) is 32.0 Å². The number of amides is 1. The highest BCUT2D eigenvalue weighted by Crippen LogP contribution is 2.23. The number of nitrogens with one attached hydrogen (secondary N) is 1. The van der Waals surface area contributed by atoms with Gasteiger partial charge in [-0.15, -0.1) is 11.3 Å². The number of thiazole rings is 1. The maximum Gasteiger partial charge on any atom is 0.243 e. The Balaban J connectivity index is 1.45. The summed E-state index contributed by atoms with van der Waals surface area (Å²) >= 11 is 1.59. The molecule has 1 aliphatic heterocycles. The first-order valence-corrected chi connectivity index (χ1v) is 11.9. The van der Waals surface area contributed by atoms with Crippen molar-refractivity contribution in [3.8, 4) is 0 Å². The number of aromatic nitrogens is 1. The lowest BCUT2D eigenvalue weighted by atomic mass is 9.98. The Labute approximate surface area is 171 Å². The Morgan fingerprint density at radius 1 is 1.25 bits per heavy atom. The van der Waals surface area contributed by atoms with E-state index in [1.807, 2.05) is 11.4 Å². The van der Waals surface area contributed by atoms with Crippen molar-refractivity contribution >= 4 is 27.3 Å². The van der Waals surface area contributed by atoms with Gasteiger partial charge in [-0.3, -0.25) is 4.79 Å². The number of rotatable bonds is 7. The van der Waals surface area contributed by atoms with Crippen LogP contribution in [-0.2, 0) is 21.2 Å². The number of nitrogens with zero attached hydrogens (tertiary/aromatic N) is 2. The molecule has 0 radical (unpaired) electrons. The molecule has 28 heavy (non-hydrogen) atoms. The van der Waals surface area contributed by atoms with Gasteiger partial charge in [-0.05, 0) is 30.9 Å². The lowest BCUT2D eigenvalue weighted by molar-refractivity contribution is -0.120. The van der Waals surface area contributed by atoms with E-state index in [0.717, 1.165) is 23.5 Å². The van der Waals surface area contributed by atoms with Crippen molar-refractivity contribution in [3.63, 3.8) is 0 Å². The third kappa shape index (κ3) is 5.18. The zero-order valence-corrected chi connectivity index (χ0v) is 17.9. The molecule has 3 rings (SSSR count). The number of piperidine rings is 1. The molecule has 0 aliphatic carbocycles. The summed E-state index contributed by atoms with van der Waals surface area (Å²) in [6.45, 7) is 5.74. The van der Waals surface area contributed by atoms with Crippen LogP contribution in [0.2, 0.25) is 0 Å². The topological polar surface area (TPSA) is 79.4 Å². The van der Waals surface area contributed by atoms with Crippen molar-refractivity contribution in [2.75, 3.05) is 19.6 Å². The third-order valence-electron chi connectivity index (χ3n) is 4.95. The quantitative estimate of drug-likeness (QED) is 0.745.